The lowest BCUT2D eigenvalue weighted by Gasteiger charge is -2.00. The van der Waals surface area contributed by atoms with Crippen molar-refractivity contribution in [3.05, 3.63) is 42.0 Å². The van der Waals surface area contributed by atoms with Gasteiger partial charge in [0.25, 0.3) is 0 Å². The standard InChI is InChI=1S/C10H7BrFNO/c11-6-8-2-1-7(5-9(8)12)10-13-3-4-14-10/h1-5H,6H2. The summed E-state index contributed by atoms with van der Waals surface area (Å²) in [5, 5.41) is 0.505. The maximum atomic E-state index is 13.3. The van der Waals surface area contributed by atoms with Gasteiger partial charge < -0.3 is 4.42 Å². The van der Waals surface area contributed by atoms with E-state index in [4.69, 9.17) is 4.42 Å². The maximum Gasteiger partial charge on any atom is 0.225 e. The number of alkyl halides is 1. The van der Waals surface area contributed by atoms with Crippen molar-refractivity contribution in [3.8, 4) is 11.5 Å². The third-order valence-corrected chi connectivity index (χ3v) is 2.48. The van der Waals surface area contributed by atoms with Gasteiger partial charge in [0, 0.05) is 10.9 Å². The second-order valence-corrected chi connectivity index (χ2v) is 3.34. The zero-order chi connectivity index (χ0) is 9.97. The van der Waals surface area contributed by atoms with E-state index in [0.717, 1.165) is 0 Å². The SMILES string of the molecule is Fc1cc(-c2ncco2)ccc1CBr. The van der Waals surface area contributed by atoms with E-state index in [1.807, 2.05) is 0 Å². The quantitative estimate of drug-likeness (QED) is 0.770. The van der Waals surface area contributed by atoms with Crippen molar-refractivity contribution in [1.29, 1.82) is 0 Å². The van der Waals surface area contributed by atoms with Crippen LogP contribution < -0.4 is 0 Å². The monoisotopic (exact) mass is 255 g/mol. The van der Waals surface area contributed by atoms with E-state index in [9.17, 15) is 4.39 Å². The van der Waals surface area contributed by atoms with E-state index in [0.29, 0.717) is 22.3 Å². The normalized spacial score (nSPS) is 10.4. The van der Waals surface area contributed by atoms with Crippen LogP contribution in [0, 0.1) is 5.82 Å². The lowest BCUT2D eigenvalue weighted by atomic mass is 10.1. The molecule has 1 aromatic heterocycles. The molecule has 0 N–H and O–H groups in total. The second-order valence-electron chi connectivity index (χ2n) is 2.78. The first-order valence-corrected chi connectivity index (χ1v) is 5.17. The van der Waals surface area contributed by atoms with Crippen molar-refractivity contribution in [2.45, 2.75) is 5.33 Å². The van der Waals surface area contributed by atoms with Crippen LogP contribution in [0.15, 0.2) is 35.1 Å². The Morgan fingerprint density at radius 1 is 1.43 bits per heavy atom. The largest absolute Gasteiger partial charge is 0.445 e. The molecule has 0 unspecified atom stereocenters. The third kappa shape index (κ3) is 1.70. The van der Waals surface area contributed by atoms with Crippen LogP contribution in [0.4, 0.5) is 4.39 Å². The predicted molar refractivity (Wildman–Crippen MR) is 54.5 cm³/mol. The molecule has 72 valence electrons. The molecule has 0 aliphatic rings. The number of rotatable bonds is 2. The molecule has 2 aromatic rings. The fraction of sp³-hybridized carbons (Fsp3) is 0.100. The van der Waals surface area contributed by atoms with Crippen LogP contribution in [-0.2, 0) is 5.33 Å². The Bertz CT molecular complexity index is 428. The third-order valence-electron chi connectivity index (χ3n) is 1.88. The van der Waals surface area contributed by atoms with Crippen molar-refractivity contribution in [1.82, 2.24) is 4.98 Å². The molecular formula is C10H7BrFNO. The van der Waals surface area contributed by atoms with Gasteiger partial charge in [-0.25, -0.2) is 9.37 Å². The summed E-state index contributed by atoms with van der Waals surface area (Å²) in [5.74, 6) is 0.183. The highest BCUT2D eigenvalue weighted by atomic mass is 79.9. The molecule has 2 nitrogen and oxygen atoms in total. The van der Waals surface area contributed by atoms with Gasteiger partial charge in [-0.2, -0.15) is 0 Å². The number of nitrogens with zero attached hydrogens (tertiary/aromatic N) is 1. The minimum atomic E-state index is -0.252. The highest BCUT2D eigenvalue weighted by Crippen LogP contribution is 2.21. The fourth-order valence-corrected chi connectivity index (χ4v) is 1.61. The fourth-order valence-electron chi connectivity index (χ4n) is 1.15. The summed E-state index contributed by atoms with van der Waals surface area (Å²) in [6.07, 6.45) is 3.00. The number of benzene rings is 1. The van der Waals surface area contributed by atoms with Gasteiger partial charge in [0.2, 0.25) is 5.89 Å². The molecule has 1 heterocycles. The van der Waals surface area contributed by atoms with Gasteiger partial charge in [0.1, 0.15) is 12.1 Å². The molecular weight excluding hydrogens is 249 g/mol. The Hall–Kier alpha value is -1.16. The zero-order valence-electron chi connectivity index (χ0n) is 7.21. The van der Waals surface area contributed by atoms with Gasteiger partial charge in [-0.3, -0.25) is 0 Å². The molecule has 0 amide bonds. The molecule has 0 radical (unpaired) electrons. The van der Waals surface area contributed by atoms with Crippen molar-refractivity contribution >= 4 is 15.9 Å². The summed E-state index contributed by atoms with van der Waals surface area (Å²) in [4.78, 5) is 3.94. The summed E-state index contributed by atoms with van der Waals surface area (Å²) in [6, 6.07) is 4.91. The van der Waals surface area contributed by atoms with Gasteiger partial charge in [0.05, 0.1) is 6.20 Å². The number of oxazole rings is 1. The van der Waals surface area contributed by atoms with E-state index in [1.165, 1.54) is 18.5 Å². The van der Waals surface area contributed by atoms with Gasteiger partial charge in [-0.1, -0.05) is 22.0 Å². The molecule has 0 aliphatic carbocycles. The minimum Gasteiger partial charge on any atom is -0.445 e. The predicted octanol–water partition coefficient (Wildman–Crippen LogP) is 3.38. The highest BCUT2D eigenvalue weighted by Gasteiger charge is 2.06. The van der Waals surface area contributed by atoms with Crippen LogP contribution in [0.1, 0.15) is 5.56 Å². The van der Waals surface area contributed by atoms with E-state index >= 15 is 0 Å². The molecule has 0 atom stereocenters. The smallest absolute Gasteiger partial charge is 0.225 e. The van der Waals surface area contributed by atoms with Crippen molar-refractivity contribution in [2.75, 3.05) is 0 Å². The maximum absolute atomic E-state index is 13.3. The Morgan fingerprint density at radius 3 is 2.86 bits per heavy atom. The van der Waals surface area contributed by atoms with Crippen molar-refractivity contribution in [2.24, 2.45) is 0 Å². The first kappa shape index (κ1) is 9.40. The van der Waals surface area contributed by atoms with Crippen molar-refractivity contribution in [3.63, 3.8) is 0 Å². The number of aromatic nitrogens is 1. The molecule has 0 spiro atoms. The Balaban J connectivity index is 2.43. The van der Waals surface area contributed by atoms with Crippen LogP contribution >= 0.6 is 15.9 Å². The average Bonchev–Trinajstić information content (AvgIpc) is 2.70. The summed E-state index contributed by atoms with van der Waals surface area (Å²) in [7, 11) is 0. The molecule has 2 rings (SSSR count). The second kappa shape index (κ2) is 3.92. The molecule has 0 aliphatic heterocycles. The van der Waals surface area contributed by atoms with E-state index in [2.05, 4.69) is 20.9 Å². The summed E-state index contributed by atoms with van der Waals surface area (Å²) < 4.78 is 18.4. The van der Waals surface area contributed by atoms with Crippen LogP contribution in [0.25, 0.3) is 11.5 Å². The zero-order valence-corrected chi connectivity index (χ0v) is 8.79. The highest BCUT2D eigenvalue weighted by molar-refractivity contribution is 9.08. The molecule has 4 heteroatoms. The number of halogens is 2. The number of hydrogen-bond donors (Lipinski definition) is 0. The molecule has 0 bridgehead atoms. The van der Waals surface area contributed by atoms with E-state index < -0.39 is 0 Å². The van der Waals surface area contributed by atoms with Gasteiger partial charge in [0.15, 0.2) is 0 Å². The number of hydrogen-bond acceptors (Lipinski definition) is 2. The lowest BCUT2D eigenvalue weighted by Crippen LogP contribution is -1.87. The molecule has 1 aromatic carbocycles. The van der Waals surface area contributed by atoms with Gasteiger partial charge in [-0.15, -0.1) is 0 Å². The van der Waals surface area contributed by atoms with Gasteiger partial charge in [-0.05, 0) is 17.7 Å². The van der Waals surface area contributed by atoms with Crippen LogP contribution in [0.3, 0.4) is 0 Å². The van der Waals surface area contributed by atoms with E-state index in [1.54, 1.807) is 12.1 Å². The summed E-state index contributed by atoms with van der Waals surface area (Å²) in [5.41, 5.74) is 1.28. The summed E-state index contributed by atoms with van der Waals surface area (Å²) in [6.45, 7) is 0. The topological polar surface area (TPSA) is 26.0 Å². The van der Waals surface area contributed by atoms with Crippen LogP contribution in [0.2, 0.25) is 0 Å². The molecule has 14 heavy (non-hydrogen) atoms. The minimum absolute atomic E-state index is 0.252. The average molecular weight is 256 g/mol. The Kier molecular flexibility index (Phi) is 2.63. The Labute approximate surface area is 88.9 Å². The molecule has 0 saturated carbocycles. The molecule has 0 saturated heterocycles. The first-order chi connectivity index (χ1) is 6.81. The van der Waals surface area contributed by atoms with E-state index in [-0.39, 0.29) is 5.82 Å². The van der Waals surface area contributed by atoms with Crippen molar-refractivity contribution < 1.29 is 8.81 Å². The lowest BCUT2D eigenvalue weighted by molar-refractivity contribution is 0.572. The summed E-state index contributed by atoms with van der Waals surface area (Å²) >= 11 is 3.20. The Morgan fingerprint density at radius 2 is 2.29 bits per heavy atom. The van der Waals surface area contributed by atoms with Crippen LogP contribution in [-0.4, -0.2) is 4.98 Å². The first-order valence-electron chi connectivity index (χ1n) is 4.05. The van der Waals surface area contributed by atoms with Gasteiger partial charge >= 0.3 is 0 Å². The van der Waals surface area contributed by atoms with Crippen LogP contribution in [0.5, 0.6) is 0 Å². The molecule has 0 fully saturated rings.